The van der Waals surface area contributed by atoms with Crippen molar-refractivity contribution in [3.05, 3.63) is 0 Å². The van der Waals surface area contributed by atoms with Gasteiger partial charge < -0.3 is 5.32 Å². The van der Waals surface area contributed by atoms with Crippen LogP contribution in [0.4, 0.5) is 0 Å². The van der Waals surface area contributed by atoms with Crippen molar-refractivity contribution in [2.75, 3.05) is 26.2 Å². The van der Waals surface area contributed by atoms with Gasteiger partial charge in [0.25, 0.3) is 0 Å². The van der Waals surface area contributed by atoms with Crippen LogP contribution in [0.5, 0.6) is 0 Å². The van der Waals surface area contributed by atoms with E-state index in [1.807, 2.05) is 0 Å². The number of nitrogens with zero attached hydrogens (tertiary/aromatic N) is 1. The highest BCUT2D eigenvalue weighted by molar-refractivity contribution is 4.90. The summed E-state index contributed by atoms with van der Waals surface area (Å²) in [5, 5.41) is 3.56. The van der Waals surface area contributed by atoms with Crippen LogP contribution in [-0.2, 0) is 0 Å². The molecule has 4 atom stereocenters. The van der Waals surface area contributed by atoms with E-state index in [0.29, 0.717) is 0 Å². The van der Waals surface area contributed by atoms with Crippen LogP contribution in [-0.4, -0.2) is 37.1 Å². The average Bonchev–Trinajstić information content (AvgIpc) is 2.76. The zero-order valence-corrected chi connectivity index (χ0v) is 11.3. The van der Waals surface area contributed by atoms with Gasteiger partial charge in [-0.15, -0.1) is 0 Å². The first-order valence-electron chi connectivity index (χ1n) is 7.79. The minimum atomic E-state index is 0.888. The van der Waals surface area contributed by atoms with Gasteiger partial charge in [-0.05, 0) is 63.1 Å². The van der Waals surface area contributed by atoms with Crippen molar-refractivity contribution < 1.29 is 0 Å². The van der Waals surface area contributed by atoms with E-state index in [2.05, 4.69) is 17.1 Å². The zero-order chi connectivity index (χ0) is 11.7. The van der Waals surface area contributed by atoms with E-state index in [0.717, 1.165) is 23.8 Å². The predicted molar refractivity (Wildman–Crippen MR) is 72.1 cm³/mol. The van der Waals surface area contributed by atoms with Gasteiger partial charge in [-0.25, -0.2) is 0 Å². The highest BCUT2D eigenvalue weighted by Gasteiger charge is 2.35. The third-order valence-corrected chi connectivity index (χ3v) is 5.50. The van der Waals surface area contributed by atoms with Gasteiger partial charge in [-0.2, -0.15) is 0 Å². The fourth-order valence-corrected chi connectivity index (χ4v) is 4.36. The number of hydrogen-bond acceptors (Lipinski definition) is 2. The fraction of sp³-hybridized carbons (Fsp3) is 1.00. The molecular weight excluding hydrogens is 208 g/mol. The van der Waals surface area contributed by atoms with Gasteiger partial charge in [0.2, 0.25) is 0 Å². The molecule has 1 saturated carbocycles. The Kier molecular flexibility index (Phi) is 3.72. The topological polar surface area (TPSA) is 15.3 Å². The molecule has 3 rings (SSSR count). The van der Waals surface area contributed by atoms with Gasteiger partial charge in [0.15, 0.2) is 0 Å². The van der Waals surface area contributed by atoms with Gasteiger partial charge in [0, 0.05) is 12.6 Å². The van der Waals surface area contributed by atoms with Crippen molar-refractivity contribution in [1.29, 1.82) is 0 Å². The van der Waals surface area contributed by atoms with Crippen LogP contribution in [0.15, 0.2) is 0 Å². The largest absolute Gasteiger partial charge is 0.316 e. The van der Waals surface area contributed by atoms with Crippen molar-refractivity contribution in [2.45, 2.75) is 51.5 Å². The number of likely N-dealkylation sites (tertiary alicyclic amines) is 1. The summed E-state index contributed by atoms with van der Waals surface area (Å²) in [5.74, 6) is 2.84. The molecule has 0 radical (unpaired) electrons. The van der Waals surface area contributed by atoms with Crippen LogP contribution in [0.25, 0.3) is 0 Å². The van der Waals surface area contributed by atoms with E-state index in [1.54, 1.807) is 0 Å². The Balaban J connectivity index is 1.61. The van der Waals surface area contributed by atoms with Crippen molar-refractivity contribution in [2.24, 2.45) is 17.8 Å². The van der Waals surface area contributed by atoms with Crippen LogP contribution < -0.4 is 5.32 Å². The number of hydrogen-bond donors (Lipinski definition) is 1. The molecule has 3 fully saturated rings. The molecule has 2 unspecified atom stereocenters. The molecule has 2 aliphatic heterocycles. The monoisotopic (exact) mass is 236 g/mol. The van der Waals surface area contributed by atoms with Crippen LogP contribution in [0.2, 0.25) is 0 Å². The van der Waals surface area contributed by atoms with Gasteiger partial charge in [-0.3, -0.25) is 4.90 Å². The molecule has 3 aliphatic rings. The Labute approximate surface area is 106 Å². The first kappa shape index (κ1) is 12.0. The molecule has 0 aromatic heterocycles. The summed E-state index contributed by atoms with van der Waals surface area (Å²) in [6, 6.07) is 0.949. The molecule has 0 spiro atoms. The summed E-state index contributed by atoms with van der Waals surface area (Å²) in [6.07, 6.45) is 8.95. The van der Waals surface area contributed by atoms with Crippen LogP contribution >= 0.6 is 0 Å². The summed E-state index contributed by atoms with van der Waals surface area (Å²) in [6.45, 7) is 7.67. The molecule has 2 saturated heterocycles. The molecule has 1 N–H and O–H groups in total. The Bertz CT molecular complexity index is 251. The molecule has 1 aliphatic carbocycles. The van der Waals surface area contributed by atoms with Gasteiger partial charge in [0.05, 0.1) is 0 Å². The van der Waals surface area contributed by atoms with E-state index < -0.39 is 0 Å². The Hall–Kier alpha value is -0.0800. The molecule has 17 heavy (non-hydrogen) atoms. The molecule has 0 amide bonds. The van der Waals surface area contributed by atoms with Crippen molar-refractivity contribution in [3.63, 3.8) is 0 Å². The molecular formula is C15H28N2. The number of nitrogens with one attached hydrogen (secondary N) is 1. The molecule has 0 aromatic carbocycles. The third-order valence-electron chi connectivity index (χ3n) is 5.50. The summed E-state index contributed by atoms with van der Waals surface area (Å²) in [7, 11) is 0. The number of rotatable bonds is 2. The second-order valence-electron chi connectivity index (χ2n) is 6.64. The minimum absolute atomic E-state index is 0.888. The maximum absolute atomic E-state index is 3.56. The number of piperidine rings is 1. The SMILES string of the molecule is CC1CNCC1CN1CCC[C@H]2CCCC[C@H]21. The second kappa shape index (κ2) is 5.27. The van der Waals surface area contributed by atoms with Crippen LogP contribution in [0.3, 0.4) is 0 Å². The Morgan fingerprint density at radius 1 is 1.06 bits per heavy atom. The second-order valence-corrected chi connectivity index (χ2v) is 6.64. The third kappa shape index (κ3) is 2.53. The van der Waals surface area contributed by atoms with Gasteiger partial charge in [0.1, 0.15) is 0 Å². The lowest BCUT2D eigenvalue weighted by molar-refractivity contribution is 0.0459. The van der Waals surface area contributed by atoms with E-state index in [9.17, 15) is 0 Å². The minimum Gasteiger partial charge on any atom is -0.316 e. The zero-order valence-electron chi connectivity index (χ0n) is 11.3. The molecule has 0 aromatic rings. The smallest absolute Gasteiger partial charge is 0.0124 e. The molecule has 98 valence electrons. The lowest BCUT2D eigenvalue weighted by atomic mass is 9.78. The maximum atomic E-state index is 3.56. The van der Waals surface area contributed by atoms with Crippen LogP contribution in [0, 0.1) is 17.8 Å². The van der Waals surface area contributed by atoms with Crippen LogP contribution in [0.1, 0.15) is 45.4 Å². The lowest BCUT2D eigenvalue weighted by Gasteiger charge is -2.45. The maximum Gasteiger partial charge on any atom is 0.0124 e. The highest BCUT2D eigenvalue weighted by Crippen LogP contribution is 2.36. The van der Waals surface area contributed by atoms with E-state index in [4.69, 9.17) is 0 Å². The average molecular weight is 236 g/mol. The Morgan fingerprint density at radius 2 is 1.88 bits per heavy atom. The molecule has 2 heterocycles. The van der Waals surface area contributed by atoms with Gasteiger partial charge in [-0.1, -0.05) is 19.8 Å². The Morgan fingerprint density at radius 3 is 2.71 bits per heavy atom. The molecule has 2 nitrogen and oxygen atoms in total. The quantitative estimate of drug-likeness (QED) is 0.792. The summed E-state index contributed by atoms with van der Waals surface area (Å²) < 4.78 is 0. The number of fused-ring (bicyclic) bond motifs is 1. The lowest BCUT2D eigenvalue weighted by Crippen LogP contribution is -2.49. The summed E-state index contributed by atoms with van der Waals surface area (Å²) in [4.78, 5) is 2.86. The van der Waals surface area contributed by atoms with Crippen molar-refractivity contribution >= 4 is 0 Å². The van der Waals surface area contributed by atoms with Gasteiger partial charge >= 0.3 is 0 Å². The molecule has 2 heteroatoms. The summed E-state index contributed by atoms with van der Waals surface area (Å²) >= 11 is 0. The van der Waals surface area contributed by atoms with E-state index in [-0.39, 0.29) is 0 Å². The fourth-order valence-electron chi connectivity index (χ4n) is 4.36. The van der Waals surface area contributed by atoms with Crippen molar-refractivity contribution in [3.8, 4) is 0 Å². The first-order valence-corrected chi connectivity index (χ1v) is 7.79. The highest BCUT2D eigenvalue weighted by atomic mass is 15.2. The van der Waals surface area contributed by atoms with E-state index in [1.165, 1.54) is 64.7 Å². The predicted octanol–water partition coefficient (Wildman–Crippen LogP) is 2.50. The standard InChI is InChI=1S/C15H28N2/c1-12-9-16-10-14(12)11-17-8-4-6-13-5-2-3-7-15(13)17/h12-16H,2-11H2,1H3/t12?,13-,14?,15-/m1/s1. The normalized spacial score (nSPS) is 43.6. The molecule has 0 bridgehead atoms. The van der Waals surface area contributed by atoms with Crippen molar-refractivity contribution in [1.82, 2.24) is 10.2 Å². The first-order chi connectivity index (χ1) is 8.34. The summed E-state index contributed by atoms with van der Waals surface area (Å²) in [5.41, 5.74) is 0. The van der Waals surface area contributed by atoms with E-state index >= 15 is 0 Å².